The Morgan fingerprint density at radius 2 is 1.44 bits per heavy atom. The molecular formula is C13H7ClF6N2O2S. The fourth-order valence-electron chi connectivity index (χ4n) is 1.77. The smallest absolute Gasteiger partial charge is 0.220 e. The minimum absolute atomic E-state index is 0.0575. The van der Waals surface area contributed by atoms with Gasteiger partial charge in [-0.25, -0.2) is 18.4 Å². The van der Waals surface area contributed by atoms with Crippen LogP contribution in [0.3, 0.4) is 0 Å². The molecule has 0 N–H and O–H groups in total. The minimum Gasteiger partial charge on any atom is -0.220 e. The summed E-state index contributed by atoms with van der Waals surface area (Å²) in [5, 5.41) is -1.41. The van der Waals surface area contributed by atoms with Crippen LogP contribution in [0.5, 0.6) is 0 Å². The first kappa shape index (κ1) is 19.4. The molecule has 0 amide bonds. The molecule has 1 aromatic heterocycles. The van der Waals surface area contributed by atoms with E-state index in [2.05, 4.69) is 9.97 Å². The third-order valence-corrected chi connectivity index (χ3v) is 4.50. The number of alkyl halides is 6. The number of sulfone groups is 1. The topological polar surface area (TPSA) is 59.9 Å². The van der Waals surface area contributed by atoms with Gasteiger partial charge < -0.3 is 0 Å². The maximum Gasteiger partial charge on any atom is 0.433 e. The Labute approximate surface area is 142 Å². The lowest BCUT2D eigenvalue weighted by molar-refractivity contribution is -0.148. The second kappa shape index (κ2) is 6.45. The van der Waals surface area contributed by atoms with Crippen molar-refractivity contribution < 1.29 is 34.8 Å². The molecule has 0 spiro atoms. The standard InChI is InChI=1S/C13H7ClF6N2O2S/c14-8-3-1-2-7(4-8)6-25(23,24)11-21-9(12(15,16)17)5-10(22-11)13(18,19)20/h1-5H,6H2. The van der Waals surface area contributed by atoms with Crippen LogP contribution in [0.15, 0.2) is 35.5 Å². The normalized spacial score (nSPS) is 13.1. The minimum atomic E-state index is -5.27. The highest BCUT2D eigenvalue weighted by Crippen LogP contribution is 2.34. The number of hydrogen-bond acceptors (Lipinski definition) is 4. The maximum atomic E-state index is 12.7. The molecule has 0 unspecified atom stereocenters. The van der Waals surface area contributed by atoms with E-state index >= 15 is 0 Å². The van der Waals surface area contributed by atoms with Gasteiger partial charge in [0.2, 0.25) is 15.0 Å². The largest absolute Gasteiger partial charge is 0.433 e. The molecule has 1 heterocycles. The Kier molecular flexibility index (Phi) is 5.01. The number of halogens is 7. The van der Waals surface area contributed by atoms with Gasteiger partial charge in [-0.15, -0.1) is 0 Å². The summed E-state index contributed by atoms with van der Waals surface area (Å²) in [6.45, 7) is 0. The average Bonchev–Trinajstić information content (AvgIpc) is 2.44. The van der Waals surface area contributed by atoms with Gasteiger partial charge in [-0.1, -0.05) is 23.7 Å². The van der Waals surface area contributed by atoms with Crippen molar-refractivity contribution in [3.8, 4) is 0 Å². The predicted molar refractivity (Wildman–Crippen MR) is 74.4 cm³/mol. The molecule has 0 saturated heterocycles. The Hall–Kier alpha value is -1.88. The Morgan fingerprint density at radius 3 is 1.88 bits per heavy atom. The molecule has 2 aromatic rings. The van der Waals surface area contributed by atoms with E-state index < -0.39 is 44.5 Å². The number of benzene rings is 1. The van der Waals surface area contributed by atoms with Crippen molar-refractivity contribution >= 4 is 21.4 Å². The van der Waals surface area contributed by atoms with Gasteiger partial charge in [0.25, 0.3) is 0 Å². The fourth-order valence-corrected chi connectivity index (χ4v) is 3.20. The van der Waals surface area contributed by atoms with Crippen molar-refractivity contribution in [2.75, 3.05) is 0 Å². The van der Waals surface area contributed by atoms with Crippen LogP contribution in [0, 0.1) is 0 Å². The second-order valence-corrected chi connectivity index (χ2v) is 7.13. The quantitative estimate of drug-likeness (QED) is 0.570. The molecule has 2 rings (SSSR count). The molecule has 0 aliphatic carbocycles. The number of rotatable bonds is 3. The van der Waals surface area contributed by atoms with E-state index in [0.29, 0.717) is 0 Å². The Morgan fingerprint density at radius 1 is 0.920 bits per heavy atom. The number of nitrogens with zero attached hydrogens (tertiary/aromatic N) is 2. The van der Waals surface area contributed by atoms with Crippen LogP contribution in [-0.4, -0.2) is 18.4 Å². The zero-order chi connectivity index (χ0) is 19.0. The van der Waals surface area contributed by atoms with Crippen LogP contribution in [0.4, 0.5) is 26.3 Å². The lowest BCUT2D eigenvalue weighted by Crippen LogP contribution is -2.20. The molecular weight excluding hydrogens is 398 g/mol. The highest BCUT2D eigenvalue weighted by molar-refractivity contribution is 7.90. The van der Waals surface area contributed by atoms with E-state index in [0.717, 1.165) is 0 Å². The second-order valence-electron chi connectivity index (χ2n) is 4.81. The van der Waals surface area contributed by atoms with Gasteiger partial charge in [0, 0.05) is 5.02 Å². The summed E-state index contributed by atoms with van der Waals surface area (Å²) in [6.07, 6.45) is -10.5. The van der Waals surface area contributed by atoms with Crippen molar-refractivity contribution in [2.24, 2.45) is 0 Å². The number of aromatic nitrogens is 2. The summed E-state index contributed by atoms with van der Waals surface area (Å²) in [6, 6.07) is 4.94. The van der Waals surface area contributed by atoms with Gasteiger partial charge in [0.05, 0.1) is 5.75 Å². The van der Waals surface area contributed by atoms with Crippen LogP contribution in [0.2, 0.25) is 5.02 Å². The highest BCUT2D eigenvalue weighted by Gasteiger charge is 2.41. The third kappa shape index (κ3) is 4.82. The van der Waals surface area contributed by atoms with E-state index in [-0.39, 0.29) is 16.7 Å². The Bertz CT molecular complexity index is 864. The molecule has 12 heteroatoms. The summed E-state index contributed by atoms with van der Waals surface area (Å²) >= 11 is 5.67. The molecule has 0 bridgehead atoms. The molecule has 0 atom stereocenters. The summed E-state index contributed by atoms with van der Waals surface area (Å²) in [4.78, 5) is 5.50. The van der Waals surface area contributed by atoms with Crippen molar-refractivity contribution in [2.45, 2.75) is 23.3 Å². The van der Waals surface area contributed by atoms with Gasteiger partial charge in [0.15, 0.2) is 0 Å². The van der Waals surface area contributed by atoms with Crippen molar-refractivity contribution in [1.82, 2.24) is 9.97 Å². The summed E-state index contributed by atoms with van der Waals surface area (Å²) < 4.78 is 101. The van der Waals surface area contributed by atoms with E-state index in [1.807, 2.05) is 0 Å². The molecule has 0 fully saturated rings. The third-order valence-electron chi connectivity index (χ3n) is 2.81. The van der Waals surface area contributed by atoms with Crippen LogP contribution in [0.25, 0.3) is 0 Å². The van der Waals surface area contributed by atoms with Gasteiger partial charge >= 0.3 is 12.4 Å². The van der Waals surface area contributed by atoms with Crippen molar-refractivity contribution in [3.63, 3.8) is 0 Å². The summed E-state index contributed by atoms with van der Waals surface area (Å²) in [7, 11) is -4.68. The van der Waals surface area contributed by atoms with Crippen LogP contribution >= 0.6 is 11.6 Å². The SMILES string of the molecule is O=S(=O)(Cc1cccc(Cl)c1)c1nc(C(F)(F)F)cc(C(F)(F)F)n1. The van der Waals surface area contributed by atoms with E-state index in [1.165, 1.54) is 24.3 Å². The zero-order valence-corrected chi connectivity index (χ0v) is 13.4. The van der Waals surface area contributed by atoms with Crippen molar-refractivity contribution in [3.05, 3.63) is 52.3 Å². The number of hydrogen-bond donors (Lipinski definition) is 0. The first-order valence-electron chi connectivity index (χ1n) is 6.30. The van der Waals surface area contributed by atoms with Crippen LogP contribution < -0.4 is 0 Å². The predicted octanol–water partition coefficient (Wildman–Crippen LogP) is 4.14. The first-order chi connectivity index (χ1) is 11.3. The molecule has 0 aliphatic heterocycles. The fraction of sp³-hybridized carbons (Fsp3) is 0.231. The lowest BCUT2D eigenvalue weighted by atomic mass is 10.2. The Balaban J connectivity index is 2.56. The van der Waals surface area contributed by atoms with E-state index in [4.69, 9.17) is 11.6 Å². The zero-order valence-electron chi connectivity index (χ0n) is 11.9. The van der Waals surface area contributed by atoms with Crippen molar-refractivity contribution in [1.29, 1.82) is 0 Å². The summed E-state index contributed by atoms with van der Waals surface area (Å²) in [5.74, 6) is -0.911. The summed E-state index contributed by atoms with van der Waals surface area (Å²) in [5.41, 5.74) is -3.94. The maximum absolute atomic E-state index is 12.7. The molecule has 0 saturated carbocycles. The van der Waals surface area contributed by atoms with Gasteiger partial charge in [-0.3, -0.25) is 0 Å². The molecule has 0 radical (unpaired) electrons. The monoisotopic (exact) mass is 404 g/mol. The molecule has 25 heavy (non-hydrogen) atoms. The lowest BCUT2D eigenvalue weighted by Gasteiger charge is -2.12. The molecule has 1 aromatic carbocycles. The van der Waals surface area contributed by atoms with E-state index in [9.17, 15) is 34.8 Å². The highest BCUT2D eigenvalue weighted by atomic mass is 35.5. The molecule has 0 aliphatic rings. The van der Waals surface area contributed by atoms with Gasteiger partial charge in [-0.2, -0.15) is 26.3 Å². The average molecular weight is 405 g/mol. The van der Waals surface area contributed by atoms with E-state index in [1.54, 1.807) is 0 Å². The molecule has 4 nitrogen and oxygen atoms in total. The van der Waals surface area contributed by atoms with Gasteiger partial charge in [-0.05, 0) is 23.8 Å². The van der Waals surface area contributed by atoms with Crippen LogP contribution in [0.1, 0.15) is 17.0 Å². The van der Waals surface area contributed by atoms with Crippen LogP contribution in [-0.2, 0) is 27.9 Å². The first-order valence-corrected chi connectivity index (χ1v) is 8.33. The van der Waals surface area contributed by atoms with Gasteiger partial charge in [0.1, 0.15) is 11.4 Å². The molecule has 136 valence electrons.